The van der Waals surface area contributed by atoms with Gasteiger partial charge < -0.3 is 4.90 Å². The molecule has 0 fully saturated rings. The highest BCUT2D eigenvalue weighted by Crippen LogP contribution is 2.15. The minimum Gasteiger partial charge on any atom is -0.307 e. The van der Waals surface area contributed by atoms with Crippen molar-refractivity contribution in [3.8, 4) is 0 Å². The van der Waals surface area contributed by atoms with E-state index < -0.39 is 6.17 Å². The van der Waals surface area contributed by atoms with E-state index in [1.807, 2.05) is 13.0 Å². The first-order chi connectivity index (χ1) is 7.51. The Morgan fingerprint density at radius 2 is 2.06 bits per heavy atom. The van der Waals surface area contributed by atoms with Gasteiger partial charge in [-0.2, -0.15) is 0 Å². The van der Waals surface area contributed by atoms with Crippen molar-refractivity contribution in [2.75, 3.05) is 20.1 Å². The van der Waals surface area contributed by atoms with E-state index in [2.05, 4.69) is 32.4 Å². The van der Waals surface area contributed by atoms with Gasteiger partial charge in [0, 0.05) is 0 Å². The average molecular weight is 227 g/mol. The molecule has 0 radical (unpaired) electrons. The Balaban J connectivity index is 3.94. The average Bonchev–Trinajstić information content (AvgIpc) is 2.31. The summed E-state index contributed by atoms with van der Waals surface area (Å²) < 4.78 is 13.0. The van der Waals surface area contributed by atoms with Gasteiger partial charge in [-0.1, -0.05) is 45.1 Å². The molecule has 16 heavy (non-hydrogen) atoms. The smallest absolute Gasteiger partial charge is 0.118 e. The first-order valence-corrected chi connectivity index (χ1v) is 6.20. The molecule has 0 spiro atoms. The van der Waals surface area contributed by atoms with Gasteiger partial charge in [0.25, 0.3) is 0 Å². The third kappa shape index (κ3) is 6.78. The van der Waals surface area contributed by atoms with Gasteiger partial charge in [0.15, 0.2) is 0 Å². The van der Waals surface area contributed by atoms with Gasteiger partial charge in [-0.05, 0) is 38.9 Å². The molecule has 0 aromatic heterocycles. The second kappa shape index (κ2) is 8.51. The van der Waals surface area contributed by atoms with E-state index in [0.717, 1.165) is 25.1 Å². The topological polar surface area (TPSA) is 3.24 Å². The monoisotopic (exact) mass is 227 g/mol. The summed E-state index contributed by atoms with van der Waals surface area (Å²) in [6.45, 7) is 12.3. The first kappa shape index (κ1) is 15.4. The molecule has 1 nitrogen and oxygen atoms in total. The highest BCUT2D eigenvalue weighted by atomic mass is 19.1. The van der Waals surface area contributed by atoms with Gasteiger partial charge in [0.05, 0.1) is 0 Å². The molecule has 0 rings (SSSR count). The van der Waals surface area contributed by atoms with Crippen LogP contribution in [0.4, 0.5) is 4.39 Å². The zero-order chi connectivity index (χ0) is 12.6. The van der Waals surface area contributed by atoms with Crippen molar-refractivity contribution in [3.63, 3.8) is 0 Å². The van der Waals surface area contributed by atoms with Gasteiger partial charge in [0.2, 0.25) is 0 Å². The summed E-state index contributed by atoms with van der Waals surface area (Å²) in [6, 6.07) is 0. The van der Waals surface area contributed by atoms with Gasteiger partial charge >= 0.3 is 0 Å². The molecule has 2 heteroatoms. The second-order valence-electron chi connectivity index (χ2n) is 4.44. The lowest BCUT2D eigenvalue weighted by atomic mass is 9.98. The van der Waals surface area contributed by atoms with Gasteiger partial charge in [0.1, 0.15) is 6.17 Å². The Labute approximate surface area is 100 Å². The maximum atomic E-state index is 13.0. The van der Waals surface area contributed by atoms with Crippen LogP contribution in [0.2, 0.25) is 0 Å². The molecule has 0 bridgehead atoms. The fraction of sp³-hybridized carbons (Fsp3) is 0.714. The van der Waals surface area contributed by atoms with E-state index in [4.69, 9.17) is 0 Å². The van der Waals surface area contributed by atoms with E-state index in [1.54, 1.807) is 6.08 Å². The molecule has 0 aromatic rings. The van der Waals surface area contributed by atoms with Gasteiger partial charge in [-0.15, -0.1) is 0 Å². The molecule has 1 unspecified atom stereocenters. The van der Waals surface area contributed by atoms with Crippen molar-refractivity contribution in [2.45, 2.75) is 39.8 Å². The highest BCUT2D eigenvalue weighted by Gasteiger charge is 2.06. The molecule has 0 aliphatic heterocycles. The molecule has 2 atom stereocenters. The van der Waals surface area contributed by atoms with Crippen LogP contribution in [0.3, 0.4) is 0 Å². The van der Waals surface area contributed by atoms with Crippen molar-refractivity contribution in [1.29, 1.82) is 0 Å². The molecule has 0 heterocycles. The zero-order valence-corrected chi connectivity index (χ0v) is 11.2. The summed E-state index contributed by atoms with van der Waals surface area (Å²) in [5, 5.41) is 0. The van der Waals surface area contributed by atoms with E-state index in [9.17, 15) is 4.39 Å². The predicted octanol–water partition coefficient (Wildman–Crippen LogP) is 3.82. The third-order valence-electron chi connectivity index (χ3n) is 3.03. The van der Waals surface area contributed by atoms with Crippen LogP contribution in [0, 0.1) is 5.92 Å². The minimum atomic E-state index is -0.831. The number of nitrogens with zero attached hydrogens (tertiary/aromatic N) is 1. The van der Waals surface area contributed by atoms with Crippen LogP contribution in [0.25, 0.3) is 0 Å². The van der Waals surface area contributed by atoms with Crippen LogP contribution in [0.1, 0.15) is 33.6 Å². The van der Waals surface area contributed by atoms with Crippen molar-refractivity contribution >= 4 is 0 Å². The Morgan fingerprint density at radius 1 is 1.44 bits per heavy atom. The molecule has 0 aromatic carbocycles. The van der Waals surface area contributed by atoms with Crippen LogP contribution < -0.4 is 0 Å². The standard InChI is InChI=1S/C14H26FN/c1-6-14(15)9-8-12(3)13(4)10-11-16(5)7-2/h8-9,13-14H,3,6-7,10-11H2,1-2,4-5H3/b9-8-/t13?,14-/m0/s1. The third-order valence-corrected chi connectivity index (χ3v) is 3.03. The number of hydrogen-bond acceptors (Lipinski definition) is 1. The van der Waals surface area contributed by atoms with Crippen LogP contribution >= 0.6 is 0 Å². The summed E-state index contributed by atoms with van der Waals surface area (Å²) in [6.07, 6.45) is 4.24. The number of hydrogen-bond donors (Lipinski definition) is 0. The Morgan fingerprint density at radius 3 is 2.56 bits per heavy atom. The van der Waals surface area contributed by atoms with Crippen molar-refractivity contribution in [2.24, 2.45) is 5.92 Å². The number of allylic oxidation sites excluding steroid dienone is 3. The Kier molecular flexibility index (Phi) is 8.18. The van der Waals surface area contributed by atoms with Gasteiger partial charge in [-0.3, -0.25) is 0 Å². The normalized spacial score (nSPS) is 15.6. The van der Waals surface area contributed by atoms with Crippen molar-refractivity contribution in [1.82, 2.24) is 4.90 Å². The van der Waals surface area contributed by atoms with E-state index in [-0.39, 0.29) is 0 Å². The van der Waals surface area contributed by atoms with Gasteiger partial charge in [-0.25, -0.2) is 4.39 Å². The molecule has 0 saturated heterocycles. The van der Waals surface area contributed by atoms with Crippen LogP contribution in [-0.4, -0.2) is 31.2 Å². The SMILES string of the molecule is C=C(/C=C\[C@@H](F)CC)C(C)CCN(C)CC. The van der Waals surface area contributed by atoms with Crippen LogP contribution in [0.5, 0.6) is 0 Å². The molecule has 0 N–H and O–H groups in total. The summed E-state index contributed by atoms with van der Waals surface area (Å²) >= 11 is 0. The second-order valence-corrected chi connectivity index (χ2v) is 4.44. The maximum Gasteiger partial charge on any atom is 0.118 e. The number of rotatable bonds is 8. The lowest BCUT2D eigenvalue weighted by Crippen LogP contribution is -2.20. The summed E-state index contributed by atoms with van der Waals surface area (Å²) in [7, 11) is 2.11. The summed E-state index contributed by atoms with van der Waals surface area (Å²) in [4.78, 5) is 2.28. The summed E-state index contributed by atoms with van der Waals surface area (Å²) in [5.74, 6) is 0.425. The van der Waals surface area contributed by atoms with Crippen LogP contribution in [-0.2, 0) is 0 Å². The molecular formula is C14H26FN. The van der Waals surface area contributed by atoms with E-state index in [0.29, 0.717) is 12.3 Å². The fourth-order valence-corrected chi connectivity index (χ4v) is 1.29. The molecular weight excluding hydrogens is 201 g/mol. The van der Waals surface area contributed by atoms with E-state index in [1.165, 1.54) is 0 Å². The van der Waals surface area contributed by atoms with Crippen molar-refractivity contribution < 1.29 is 4.39 Å². The lowest BCUT2D eigenvalue weighted by Gasteiger charge is -2.17. The quantitative estimate of drug-likeness (QED) is 0.570. The molecule has 0 aliphatic carbocycles. The number of alkyl halides is 1. The Bertz CT molecular complexity index is 223. The number of halogens is 1. The zero-order valence-electron chi connectivity index (χ0n) is 11.2. The van der Waals surface area contributed by atoms with E-state index >= 15 is 0 Å². The first-order valence-electron chi connectivity index (χ1n) is 6.20. The lowest BCUT2D eigenvalue weighted by molar-refractivity contribution is 0.330. The molecule has 0 amide bonds. The summed E-state index contributed by atoms with van der Waals surface area (Å²) in [5.41, 5.74) is 1.03. The molecule has 0 aliphatic rings. The predicted molar refractivity (Wildman–Crippen MR) is 70.4 cm³/mol. The minimum absolute atomic E-state index is 0.425. The highest BCUT2D eigenvalue weighted by molar-refractivity contribution is 5.18. The molecule has 0 saturated carbocycles. The molecule has 94 valence electrons. The maximum absolute atomic E-state index is 13.0. The largest absolute Gasteiger partial charge is 0.307 e. The van der Waals surface area contributed by atoms with Crippen LogP contribution in [0.15, 0.2) is 24.3 Å². The Hall–Kier alpha value is -0.630. The fourth-order valence-electron chi connectivity index (χ4n) is 1.29. The van der Waals surface area contributed by atoms with Crippen molar-refractivity contribution in [3.05, 3.63) is 24.3 Å².